The summed E-state index contributed by atoms with van der Waals surface area (Å²) in [6.07, 6.45) is 6.66. The maximum atomic E-state index is 12.2. The molecule has 1 heterocycles. The SMILES string of the molecule is CCCCC(CC)CC(=O)N(C)C1CCNC1. The molecule has 1 amide bonds. The Kier molecular flexibility index (Phi) is 6.56. The van der Waals surface area contributed by atoms with Crippen molar-refractivity contribution in [2.24, 2.45) is 5.92 Å². The van der Waals surface area contributed by atoms with Crippen LogP contribution in [0.15, 0.2) is 0 Å². The molecule has 1 fully saturated rings. The molecule has 0 bridgehead atoms. The van der Waals surface area contributed by atoms with Gasteiger partial charge in [0, 0.05) is 26.1 Å². The molecule has 3 heteroatoms. The van der Waals surface area contributed by atoms with Gasteiger partial charge >= 0.3 is 0 Å². The second-order valence-corrected chi connectivity index (χ2v) is 5.27. The van der Waals surface area contributed by atoms with Crippen LogP contribution in [0.2, 0.25) is 0 Å². The van der Waals surface area contributed by atoms with Gasteiger partial charge in [-0.15, -0.1) is 0 Å². The number of carbonyl (C=O) groups is 1. The number of unbranched alkanes of at least 4 members (excludes halogenated alkanes) is 1. The molecular weight excluding hydrogens is 212 g/mol. The normalized spacial score (nSPS) is 21.5. The lowest BCUT2D eigenvalue weighted by Crippen LogP contribution is -2.39. The molecule has 17 heavy (non-hydrogen) atoms. The summed E-state index contributed by atoms with van der Waals surface area (Å²) >= 11 is 0. The topological polar surface area (TPSA) is 32.3 Å². The Bertz CT molecular complexity index is 224. The minimum absolute atomic E-state index is 0.335. The van der Waals surface area contributed by atoms with Gasteiger partial charge in [0.15, 0.2) is 0 Å². The lowest BCUT2D eigenvalue weighted by molar-refractivity contribution is -0.132. The highest BCUT2D eigenvalue weighted by atomic mass is 16.2. The Hall–Kier alpha value is -0.570. The predicted molar refractivity (Wildman–Crippen MR) is 72.0 cm³/mol. The van der Waals surface area contributed by atoms with Crippen molar-refractivity contribution in [3.05, 3.63) is 0 Å². The summed E-state index contributed by atoms with van der Waals surface area (Å²) in [5, 5.41) is 3.32. The number of hydrogen-bond donors (Lipinski definition) is 1. The van der Waals surface area contributed by atoms with Crippen LogP contribution in [-0.4, -0.2) is 37.0 Å². The molecular formula is C14H28N2O. The van der Waals surface area contributed by atoms with Gasteiger partial charge in [0.05, 0.1) is 0 Å². The zero-order chi connectivity index (χ0) is 12.7. The van der Waals surface area contributed by atoms with E-state index in [0.29, 0.717) is 17.9 Å². The molecule has 1 aliphatic heterocycles. The molecule has 2 atom stereocenters. The summed E-state index contributed by atoms with van der Waals surface area (Å²) in [5.74, 6) is 0.918. The first kappa shape index (κ1) is 14.5. The maximum absolute atomic E-state index is 12.2. The van der Waals surface area contributed by atoms with Crippen LogP contribution in [0.25, 0.3) is 0 Å². The van der Waals surface area contributed by atoms with E-state index in [9.17, 15) is 4.79 Å². The van der Waals surface area contributed by atoms with Crippen molar-refractivity contribution in [3.63, 3.8) is 0 Å². The first-order valence-electron chi connectivity index (χ1n) is 7.15. The Labute approximate surface area is 106 Å². The van der Waals surface area contributed by atoms with Crippen LogP contribution in [0.5, 0.6) is 0 Å². The fourth-order valence-corrected chi connectivity index (χ4v) is 2.51. The Morgan fingerprint density at radius 2 is 2.24 bits per heavy atom. The molecule has 0 aromatic rings. The number of carbonyl (C=O) groups excluding carboxylic acids is 1. The molecule has 2 unspecified atom stereocenters. The summed E-state index contributed by atoms with van der Waals surface area (Å²) in [6, 6.07) is 0.422. The van der Waals surface area contributed by atoms with Crippen molar-refractivity contribution in [2.75, 3.05) is 20.1 Å². The minimum atomic E-state index is 0.335. The number of likely N-dealkylation sites (N-methyl/N-ethyl adjacent to an activating group) is 1. The van der Waals surface area contributed by atoms with E-state index in [2.05, 4.69) is 19.2 Å². The highest BCUT2D eigenvalue weighted by molar-refractivity contribution is 5.76. The van der Waals surface area contributed by atoms with Gasteiger partial charge in [-0.1, -0.05) is 33.1 Å². The second kappa shape index (κ2) is 7.70. The van der Waals surface area contributed by atoms with E-state index in [1.807, 2.05) is 11.9 Å². The molecule has 0 aliphatic carbocycles. The van der Waals surface area contributed by atoms with Crippen molar-refractivity contribution in [1.82, 2.24) is 10.2 Å². The van der Waals surface area contributed by atoms with Crippen molar-refractivity contribution in [2.45, 2.75) is 58.4 Å². The Morgan fingerprint density at radius 3 is 2.76 bits per heavy atom. The molecule has 0 spiro atoms. The van der Waals surface area contributed by atoms with Gasteiger partial charge in [0.1, 0.15) is 0 Å². The summed E-state index contributed by atoms with van der Waals surface area (Å²) in [5.41, 5.74) is 0. The maximum Gasteiger partial charge on any atom is 0.222 e. The van der Waals surface area contributed by atoms with E-state index in [1.165, 1.54) is 19.3 Å². The van der Waals surface area contributed by atoms with Crippen LogP contribution in [-0.2, 0) is 4.79 Å². The average Bonchev–Trinajstić information content (AvgIpc) is 2.86. The first-order valence-corrected chi connectivity index (χ1v) is 7.15. The van der Waals surface area contributed by atoms with Gasteiger partial charge in [-0.2, -0.15) is 0 Å². The van der Waals surface area contributed by atoms with Gasteiger partial charge in [-0.25, -0.2) is 0 Å². The minimum Gasteiger partial charge on any atom is -0.341 e. The number of nitrogens with one attached hydrogen (secondary N) is 1. The zero-order valence-corrected chi connectivity index (χ0v) is 11.7. The van der Waals surface area contributed by atoms with Gasteiger partial charge < -0.3 is 10.2 Å². The second-order valence-electron chi connectivity index (χ2n) is 5.27. The number of hydrogen-bond acceptors (Lipinski definition) is 2. The molecule has 3 nitrogen and oxygen atoms in total. The van der Waals surface area contributed by atoms with E-state index in [-0.39, 0.29) is 0 Å². The quantitative estimate of drug-likeness (QED) is 0.741. The average molecular weight is 240 g/mol. The Balaban J connectivity index is 2.34. The van der Waals surface area contributed by atoms with Crippen molar-refractivity contribution < 1.29 is 4.79 Å². The van der Waals surface area contributed by atoms with Crippen LogP contribution in [0.1, 0.15) is 52.4 Å². The largest absolute Gasteiger partial charge is 0.341 e. The van der Waals surface area contributed by atoms with Crippen molar-refractivity contribution in [3.8, 4) is 0 Å². The van der Waals surface area contributed by atoms with Crippen molar-refractivity contribution in [1.29, 1.82) is 0 Å². The molecule has 100 valence electrons. The lowest BCUT2D eigenvalue weighted by atomic mass is 9.95. The highest BCUT2D eigenvalue weighted by Gasteiger charge is 2.24. The van der Waals surface area contributed by atoms with Crippen LogP contribution in [0.3, 0.4) is 0 Å². The summed E-state index contributed by atoms with van der Waals surface area (Å²) < 4.78 is 0. The molecule has 0 aromatic heterocycles. The standard InChI is InChI=1S/C14H28N2O/c1-4-6-7-12(5-2)10-14(17)16(3)13-8-9-15-11-13/h12-13,15H,4-11H2,1-3H3. The summed E-state index contributed by atoms with van der Waals surface area (Å²) in [7, 11) is 1.96. The molecule has 1 saturated heterocycles. The van der Waals surface area contributed by atoms with E-state index in [0.717, 1.165) is 32.4 Å². The third kappa shape index (κ3) is 4.66. The van der Waals surface area contributed by atoms with Gasteiger partial charge in [0.2, 0.25) is 5.91 Å². The fourth-order valence-electron chi connectivity index (χ4n) is 2.51. The van der Waals surface area contributed by atoms with Crippen molar-refractivity contribution >= 4 is 5.91 Å². The van der Waals surface area contributed by atoms with E-state index in [4.69, 9.17) is 0 Å². The molecule has 1 rings (SSSR count). The zero-order valence-electron chi connectivity index (χ0n) is 11.7. The Morgan fingerprint density at radius 1 is 1.47 bits per heavy atom. The van der Waals surface area contributed by atoms with E-state index in [1.54, 1.807) is 0 Å². The van der Waals surface area contributed by atoms with Crippen LogP contribution in [0, 0.1) is 5.92 Å². The first-order chi connectivity index (χ1) is 8.19. The number of rotatable bonds is 7. The third-order valence-electron chi connectivity index (χ3n) is 3.98. The monoisotopic (exact) mass is 240 g/mol. The van der Waals surface area contributed by atoms with E-state index >= 15 is 0 Å². The van der Waals surface area contributed by atoms with E-state index < -0.39 is 0 Å². The summed E-state index contributed by atoms with van der Waals surface area (Å²) in [6.45, 7) is 6.43. The molecule has 0 radical (unpaired) electrons. The summed E-state index contributed by atoms with van der Waals surface area (Å²) in [4.78, 5) is 14.1. The molecule has 0 aromatic carbocycles. The smallest absolute Gasteiger partial charge is 0.222 e. The van der Waals surface area contributed by atoms with Crippen LogP contribution in [0.4, 0.5) is 0 Å². The van der Waals surface area contributed by atoms with Gasteiger partial charge in [-0.3, -0.25) is 4.79 Å². The number of nitrogens with zero attached hydrogens (tertiary/aromatic N) is 1. The predicted octanol–water partition coefficient (Wildman–Crippen LogP) is 2.41. The van der Waals surface area contributed by atoms with Crippen LogP contribution >= 0.6 is 0 Å². The van der Waals surface area contributed by atoms with Crippen LogP contribution < -0.4 is 5.32 Å². The lowest BCUT2D eigenvalue weighted by Gasteiger charge is -2.26. The van der Waals surface area contributed by atoms with Gasteiger partial charge in [0.25, 0.3) is 0 Å². The molecule has 1 aliphatic rings. The van der Waals surface area contributed by atoms with Gasteiger partial charge in [-0.05, 0) is 25.3 Å². The highest BCUT2D eigenvalue weighted by Crippen LogP contribution is 2.19. The molecule has 1 N–H and O–H groups in total. The fraction of sp³-hybridized carbons (Fsp3) is 0.929. The number of amides is 1. The molecule has 0 saturated carbocycles. The third-order valence-corrected chi connectivity index (χ3v) is 3.98.